The molecule has 2 aliphatic heterocycles. The highest BCUT2D eigenvalue weighted by atomic mass is 15.2. The standard InChI is InChI=1S/C13H23N3/c1-3-12(9-14)16(4-2)13-7-10-5-6-11(8-13)15-10/h10-13,15H,3-8H2,1-2H3. The second kappa shape index (κ2) is 5.16. The zero-order valence-corrected chi connectivity index (χ0v) is 10.4. The molecule has 2 aliphatic rings. The van der Waals surface area contributed by atoms with E-state index >= 15 is 0 Å². The van der Waals surface area contributed by atoms with Crippen LogP contribution in [-0.2, 0) is 0 Å². The van der Waals surface area contributed by atoms with Gasteiger partial charge in [-0.15, -0.1) is 0 Å². The monoisotopic (exact) mass is 221 g/mol. The van der Waals surface area contributed by atoms with Gasteiger partial charge in [-0.2, -0.15) is 5.26 Å². The Labute approximate surface area is 98.8 Å². The summed E-state index contributed by atoms with van der Waals surface area (Å²) in [6.07, 6.45) is 6.10. The molecular weight excluding hydrogens is 198 g/mol. The van der Waals surface area contributed by atoms with Crippen LogP contribution in [0.25, 0.3) is 0 Å². The van der Waals surface area contributed by atoms with Crippen molar-refractivity contribution < 1.29 is 0 Å². The maximum atomic E-state index is 9.20. The van der Waals surface area contributed by atoms with Crippen molar-refractivity contribution in [3.8, 4) is 6.07 Å². The van der Waals surface area contributed by atoms with Gasteiger partial charge in [0.1, 0.15) is 0 Å². The van der Waals surface area contributed by atoms with Crippen molar-refractivity contribution in [3.63, 3.8) is 0 Å². The number of hydrogen-bond donors (Lipinski definition) is 1. The molecular formula is C13H23N3. The first kappa shape index (κ1) is 11.9. The molecule has 90 valence electrons. The molecule has 16 heavy (non-hydrogen) atoms. The molecule has 0 aliphatic carbocycles. The van der Waals surface area contributed by atoms with Gasteiger partial charge in [0.25, 0.3) is 0 Å². The van der Waals surface area contributed by atoms with E-state index in [-0.39, 0.29) is 6.04 Å². The predicted octanol–water partition coefficient (Wildman–Crippen LogP) is 1.89. The van der Waals surface area contributed by atoms with Crippen molar-refractivity contribution in [1.29, 1.82) is 5.26 Å². The maximum absolute atomic E-state index is 9.20. The minimum absolute atomic E-state index is 0.118. The van der Waals surface area contributed by atoms with Crippen LogP contribution in [0.2, 0.25) is 0 Å². The topological polar surface area (TPSA) is 39.1 Å². The molecule has 2 heterocycles. The molecule has 2 saturated heterocycles. The molecule has 2 rings (SSSR count). The van der Waals surface area contributed by atoms with Crippen molar-refractivity contribution in [3.05, 3.63) is 0 Å². The number of nitrogens with zero attached hydrogens (tertiary/aromatic N) is 2. The van der Waals surface area contributed by atoms with E-state index in [4.69, 9.17) is 0 Å². The summed E-state index contributed by atoms with van der Waals surface area (Å²) in [6, 6.07) is 4.64. The van der Waals surface area contributed by atoms with Gasteiger partial charge in [0.05, 0.1) is 12.1 Å². The molecule has 0 aromatic heterocycles. The lowest BCUT2D eigenvalue weighted by Crippen LogP contribution is -2.51. The average molecular weight is 221 g/mol. The third kappa shape index (κ3) is 2.23. The zero-order valence-electron chi connectivity index (χ0n) is 10.4. The Morgan fingerprint density at radius 1 is 1.31 bits per heavy atom. The fourth-order valence-corrected chi connectivity index (χ4v) is 3.43. The number of nitrogens with one attached hydrogen (secondary N) is 1. The van der Waals surface area contributed by atoms with Gasteiger partial charge in [-0.1, -0.05) is 13.8 Å². The van der Waals surface area contributed by atoms with Gasteiger partial charge in [-0.3, -0.25) is 4.90 Å². The lowest BCUT2D eigenvalue weighted by molar-refractivity contribution is 0.121. The molecule has 0 radical (unpaired) electrons. The second-order valence-corrected chi connectivity index (χ2v) is 5.15. The van der Waals surface area contributed by atoms with E-state index in [0.29, 0.717) is 18.1 Å². The summed E-state index contributed by atoms with van der Waals surface area (Å²) in [6.45, 7) is 5.31. The molecule has 3 atom stereocenters. The van der Waals surface area contributed by atoms with Crippen molar-refractivity contribution in [1.82, 2.24) is 10.2 Å². The molecule has 1 N–H and O–H groups in total. The first-order valence-electron chi connectivity index (χ1n) is 6.69. The van der Waals surface area contributed by atoms with Crippen molar-refractivity contribution in [2.75, 3.05) is 6.54 Å². The van der Waals surface area contributed by atoms with Gasteiger partial charge in [0.2, 0.25) is 0 Å². The highest BCUT2D eigenvalue weighted by Gasteiger charge is 2.37. The SMILES string of the molecule is CCC(C#N)N(CC)C1CC2CCC(C1)N2. The van der Waals surface area contributed by atoms with Crippen LogP contribution in [0.4, 0.5) is 0 Å². The molecule has 2 fully saturated rings. The molecule has 3 unspecified atom stereocenters. The van der Waals surface area contributed by atoms with E-state index in [1.165, 1.54) is 25.7 Å². The highest BCUT2D eigenvalue weighted by Crippen LogP contribution is 2.30. The molecule has 0 aromatic rings. The summed E-state index contributed by atoms with van der Waals surface area (Å²) in [5.74, 6) is 0. The molecule has 0 spiro atoms. The van der Waals surface area contributed by atoms with Gasteiger partial charge in [0, 0.05) is 18.1 Å². The predicted molar refractivity (Wildman–Crippen MR) is 65.0 cm³/mol. The minimum atomic E-state index is 0.118. The Balaban J connectivity index is 2.02. The zero-order chi connectivity index (χ0) is 11.5. The minimum Gasteiger partial charge on any atom is -0.311 e. The lowest BCUT2D eigenvalue weighted by atomic mass is 9.96. The lowest BCUT2D eigenvalue weighted by Gasteiger charge is -2.39. The number of hydrogen-bond acceptors (Lipinski definition) is 3. The van der Waals surface area contributed by atoms with E-state index in [0.717, 1.165) is 13.0 Å². The number of fused-ring (bicyclic) bond motifs is 2. The third-order valence-electron chi connectivity index (χ3n) is 4.22. The van der Waals surface area contributed by atoms with Crippen LogP contribution in [0, 0.1) is 11.3 Å². The van der Waals surface area contributed by atoms with Crippen molar-refractivity contribution in [2.24, 2.45) is 0 Å². The summed E-state index contributed by atoms with van der Waals surface area (Å²) in [4.78, 5) is 2.42. The summed E-state index contributed by atoms with van der Waals surface area (Å²) in [5.41, 5.74) is 0. The summed E-state index contributed by atoms with van der Waals surface area (Å²) in [7, 11) is 0. The second-order valence-electron chi connectivity index (χ2n) is 5.15. The third-order valence-corrected chi connectivity index (χ3v) is 4.22. The van der Waals surface area contributed by atoms with Gasteiger partial charge in [-0.05, 0) is 38.6 Å². The van der Waals surface area contributed by atoms with Crippen LogP contribution in [0.1, 0.15) is 46.0 Å². The fourth-order valence-electron chi connectivity index (χ4n) is 3.43. The number of rotatable bonds is 4. The van der Waals surface area contributed by atoms with Gasteiger partial charge in [0.15, 0.2) is 0 Å². The average Bonchev–Trinajstić information content (AvgIpc) is 2.65. The van der Waals surface area contributed by atoms with Gasteiger partial charge < -0.3 is 5.32 Å². The molecule has 0 amide bonds. The molecule has 0 aromatic carbocycles. The Morgan fingerprint density at radius 3 is 2.38 bits per heavy atom. The normalized spacial score (nSPS) is 35.0. The number of nitriles is 1. The van der Waals surface area contributed by atoms with Crippen LogP contribution >= 0.6 is 0 Å². The molecule has 3 nitrogen and oxygen atoms in total. The Bertz CT molecular complexity index is 259. The Morgan fingerprint density at radius 2 is 1.94 bits per heavy atom. The van der Waals surface area contributed by atoms with E-state index in [9.17, 15) is 5.26 Å². The van der Waals surface area contributed by atoms with Gasteiger partial charge >= 0.3 is 0 Å². The molecule has 3 heteroatoms. The quantitative estimate of drug-likeness (QED) is 0.788. The van der Waals surface area contributed by atoms with Crippen molar-refractivity contribution in [2.45, 2.75) is 70.1 Å². The van der Waals surface area contributed by atoms with Crippen LogP contribution in [0.15, 0.2) is 0 Å². The smallest absolute Gasteiger partial charge is 0.0977 e. The first-order valence-corrected chi connectivity index (χ1v) is 6.69. The first-order chi connectivity index (χ1) is 7.78. The van der Waals surface area contributed by atoms with Crippen LogP contribution < -0.4 is 5.32 Å². The van der Waals surface area contributed by atoms with Gasteiger partial charge in [-0.25, -0.2) is 0 Å². The van der Waals surface area contributed by atoms with Crippen molar-refractivity contribution >= 4 is 0 Å². The summed E-state index contributed by atoms with van der Waals surface area (Å²) < 4.78 is 0. The largest absolute Gasteiger partial charge is 0.311 e. The summed E-state index contributed by atoms with van der Waals surface area (Å²) in [5, 5.41) is 12.9. The van der Waals surface area contributed by atoms with E-state index < -0.39 is 0 Å². The fraction of sp³-hybridized carbons (Fsp3) is 0.923. The number of piperidine rings is 1. The van der Waals surface area contributed by atoms with E-state index in [2.05, 4.69) is 30.1 Å². The van der Waals surface area contributed by atoms with Crippen LogP contribution in [0.3, 0.4) is 0 Å². The van der Waals surface area contributed by atoms with Crippen LogP contribution in [0.5, 0.6) is 0 Å². The van der Waals surface area contributed by atoms with E-state index in [1.54, 1.807) is 0 Å². The molecule has 0 saturated carbocycles. The summed E-state index contributed by atoms with van der Waals surface area (Å²) >= 11 is 0. The van der Waals surface area contributed by atoms with Crippen LogP contribution in [-0.4, -0.2) is 35.6 Å². The maximum Gasteiger partial charge on any atom is 0.0977 e. The highest BCUT2D eigenvalue weighted by molar-refractivity contribution is 5.00. The molecule has 2 bridgehead atoms. The Kier molecular flexibility index (Phi) is 3.83. The Hall–Kier alpha value is -0.590. The van der Waals surface area contributed by atoms with E-state index in [1.807, 2.05) is 0 Å².